The molecule has 0 unspecified atom stereocenters. The number of hydrogen-bond donors (Lipinski definition) is 1. The monoisotopic (exact) mass is 545 g/mol. The SMILES string of the molecule is CC(C)Oc1ccc(COc2ccc3c(c2)c(Cl)c2n3CC[C@@H]2CC(=O)O)cc1C(F)(F)F.[Zn]. The van der Waals surface area contributed by atoms with Crippen LogP contribution in [-0.2, 0) is 43.6 Å². The Balaban J connectivity index is 0.00000324. The number of carboxylic acids is 1. The minimum Gasteiger partial charge on any atom is -0.490 e. The number of fused-ring (bicyclic) bond motifs is 3. The zero-order valence-corrected chi connectivity index (χ0v) is 22.5. The van der Waals surface area contributed by atoms with Crippen LogP contribution < -0.4 is 9.47 Å². The number of ether oxygens (including phenoxy) is 2. The summed E-state index contributed by atoms with van der Waals surface area (Å²) in [5.41, 5.74) is 1.20. The summed E-state index contributed by atoms with van der Waals surface area (Å²) in [7, 11) is 0. The van der Waals surface area contributed by atoms with E-state index in [2.05, 4.69) is 0 Å². The van der Waals surface area contributed by atoms with Gasteiger partial charge in [-0.05, 0) is 56.2 Å². The van der Waals surface area contributed by atoms with E-state index in [0.717, 1.165) is 22.7 Å². The van der Waals surface area contributed by atoms with E-state index < -0.39 is 17.7 Å². The molecule has 0 amide bonds. The van der Waals surface area contributed by atoms with Gasteiger partial charge in [-0.15, -0.1) is 0 Å². The third-order valence-electron chi connectivity index (χ3n) is 5.64. The molecule has 0 aliphatic carbocycles. The van der Waals surface area contributed by atoms with E-state index in [1.54, 1.807) is 32.0 Å². The summed E-state index contributed by atoms with van der Waals surface area (Å²) in [5, 5.41) is 10.4. The number of hydrogen-bond acceptors (Lipinski definition) is 3. The van der Waals surface area contributed by atoms with Gasteiger partial charge >= 0.3 is 12.1 Å². The topological polar surface area (TPSA) is 60.7 Å². The summed E-state index contributed by atoms with van der Waals surface area (Å²) in [4.78, 5) is 11.2. The number of rotatable bonds is 7. The number of aliphatic carboxylic acids is 1. The van der Waals surface area contributed by atoms with E-state index >= 15 is 0 Å². The third kappa shape index (κ3) is 5.36. The summed E-state index contributed by atoms with van der Waals surface area (Å²) < 4.78 is 53.5. The minimum atomic E-state index is -4.55. The molecular formula is C24H23ClF3NO4Zn. The van der Waals surface area contributed by atoms with Gasteiger partial charge in [0.25, 0.3) is 0 Å². The van der Waals surface area contributed by atoms with Crippen molar-refractivity contribution in [2.24, 2.45) is 0 Å². The summed E-state index contributed by atoms with van der Waals surface area (Å²) in [5.74, 6) is -0.783. The Bertz CT molecular complexity index is 1210. The zero-order chi connectivity index (χ0) is 23.9. The maximum absolute atomic E-state index is 13.5. The number of aromatic nitrogens is 1. The van der Waals surface area contributed by atoms with Gasteiger partial charge in [0, 0.05) is 43.0 Å². The summed E-state index contributed by atoms with van der Waals surface area (Å²) in [6.45, 7) is 3.95. The molecule has 4 rings (SSSR count). The maximum Gasteiger partial charge on any atom is 0.419 e. The number of benzene rings is 2. The second-order valence-electron chi connectivity index (χ2n) is 8.40. The molecular weight excluding hydrogens is 524 g/mol. The molecule has 1 N–H and O–H groups in total. The molecule has 1 aliphatic rings. The van der Waals surface area contributed by atoms with Crippen molar-refractivity contribution >= 4 is 28.5 Å². The number of aryl methyl sites for hydroxylation is 1. The first-order chi connectivity index (χ1) is 15.5. The van der Waals surface area contributed by atoms with Gasteiger partial charge < -0.3 is 19.1 Å². The van der Waals surface area contributed by atoms with Gasteiger partial charge in [-0.25, -0.2) is 0 Å². The Morgan fingerprint density at radius 3 is 2.62 bits per heavy atom. The first kappa shape index (κ1) is 26.4. The molecule has 1 aliphatic heterocycles. The molecule has 5 nitrogen and oxygen atoms in total. The molecule has 0 spiro atoms. The van der Waals surface area contributed by atoms with Gasteiger partial charge in [0.15, 0.2) is 0 Å². The fraction of sp³-hybridized carbons (Fsp3) is 0.375. The van der Waals surface area contributed by atoms with Crippen LogP contribution in [0.4, 0.5) is 13.2 Å². The quantitative estimate of drug-likeness (QED) is 0.337. The Morgan fingerprint density at radius 1 is 1.24 bits per heavy atom. The van der Waals surface area contributed by atoms with Gasteiger partial charge in [0.05, 0.1) is 28.6 Å². The zero-order valence-electron chi connectivity index (χ0n) is 18.8. The second-order valence-corrected chi connectivity index (χ2v) is 8.77. The third-order valence-corrected chi connectivity index (χ3v) is 6.03. The van der Waals surface area contributed by atoms with Crippen LogP contribution in [0.2, 0.25) is 5.02 Å². The van der Waals surface area contributed by atoms with Crippen molar-refractivity contribution in [2.45, 2.75) is 58.0 Å². The van der Waals surface area contributed by atoms with E-state index in [1.807, 2.05) is 10.6 Å². The smallest absolute Gasteiger partial charge is 0.419 e. The second kappa shape index (κ2) is 10.2. The van der Waals surface area contributed by atoms with Gasteiger partial charge in [-0.2, -0.15) is 13.2 Å². The van der Waals surface area contributed by atoms with E-state index in [1.165, 1.54) is 6.07 Å². The van der Waals surface area contributed by atoms with Crippen molar-refractivity contribution in [3.63, 3.8) is 0 Å². The van der Waals surface area contributed by atoms with Crippen molar-refractivity contribution in [3.8, 4) is 11.5 Å². The number of alkyl halides is 3. The molecule has 34 heavy (non-hydrogen) atoms. The Labute approximate surface area is 212 Å². The molecule has 0 fully saturated rings. The first-order valence-corrected chi connectivity index (χ1v) is 11.0. The molecule has 2 aromatic carbocycles. The molecule has 0 bridgehead atoms. The largest absolute Gasteiger partial charge is 0.490 e. The van der Waals surface area contributed by atoms with E-state index in [9.17, 15) is 18.0 Å². The molecule has 2 heterocycles. The minimum absolute atomic E-state index is 0. The summed E-state index contributed by atoms with van der Waals surface area (Å²) >= 11 is 6.59. The van der Waals surface area contributed by atoms with Crippen molar-refractivity contribution in [2.75, 3.05) is 0 Å². The average Bonchev–Trinajstić information content (AvgIpc) is 3.25. The van der Waals surface area contributed by atoms with E-state index in [-0.39, 0.29) is 50.3 Å². The van der Waals surface area contributed by atoms with Crippen molar-refractivity contribution in [1.29, 1.82) is 0 Å². The molecule has 3 aromatic rings. The average molecular weight is 547 g/mol. The predicted molar refractivity (Wildman–Crippen MR) is 118 cm³/mol. The van der Waals surface area contributed by atoms with Crippen molar-refractivity contribution in [1.82, 2.24) is 4.57 Å². The van der Waals surface area contributed by atoms with E-state index in [4.69, 9.17) is 26.2 Å². The van der Waals surface area contributed by atoms with E-state index in [0.29, 0.717) is 29.3 Å². The molecule has 10 heteroatoms. The predicted octanol–water partition coefficient (Wildman–Crippen LogP) is 6.64. The van der Waals surface area contributed by atoms with Crippen LogP contribution >= 0.6 is 11.6 Å². The molecule has 0 radical (unpaired) electrons. The fourth-order valence-electron chi connectivity index (χ4n) is 4.29. The summed E-state index contributed by atoms with van der Waals surface area (Å²) in [6, 6.07) is 9.19. The number of halogens is 4. The molecule has 178 valence electrons. The van der Waals surface area contributed by atoms with Crippen LogP contribution in [-0.4, -0.2) is 21.7 Å². The van der Waals surface area contributed by atoms with Gasteiger partial charge in [0.1, 0.15) is 18.1 Å². The number of nitrogens with zero attached hydrogens (tertiary/aromatic N) is 1. The van der Waals surface area contributed by atoms with Gasteiger partial charge in [-0.3, -0.25) is 4.79 Å². The summed E-state index contributed by atoms with van der Waals surface area (Å²) in [6.07, 6.45) is -4.21. The Kier molecular flexibility index (Phi) is 7.88. The molecule has 0 saturated carbocycles. The van der Waals surface area contributed by atoms with Crippen LogP contribution in [0.25, 0.3) is 10.9 Å². The number of carbonyl (C=O) groups is 1. The van der Waals surface area contributed by atoms with Gasteiger partial charge in [-0.1, -0.05) is 17.7 Å². The maximum atomic E-state index is 13.5. The van der Waals surface area contributed by atoms with Crippen LogP contribution in [0.15, 0.2) is 36.4 Å². The molecule has 1 aromatic heterocycles. The Hall–Kier alpha value is -2.25. The molecule has 1 atom stereocenters. The van der Waals surface area contributed by atoms with Crippen LogP contribution in [0.1, 0.15) is 49.4 Å². The van der Waals surface area contributed by atoms with Crippen molar-refractivity contribution < 1.29 is 52.0 Å². The molecule has 0 saturated heterocycles. The first-order valence-electron chi connectivity index (χ1n) is 10.6. The van der Waals surface area contributed by atoms with Crippen molar-refractivity contribution in [3.05, 3.63) is 58.2 Å². The van der Waals surface area contributed by atoms with Gasteiger partial charge in [0.2, 0.25) is 0 Å². The van der Waals surface area contributed by atoms with Crippen LogP contribution in [0.3, 0.4) is 0 Å². The Morgan fingerprint density at radius 2 is 1.97 bits per heavy atom. The normalized spacial score (nSPS) is 15.3. The fourth-order valence-corrected chi connectivity index (χ4v) is 4.69. The standard InChI is InChI=1S/C24H23ClF3NO4.Zn/c1-13(2)33-20-6-3-14(9-18(20)24(26,27)28)12-32-16-4-5-19-17(11-16)22(25)23-15(10-21(30)31)7-8-29(19)23;/h3-6,9,11,13,15H,7-8,10,12H2,1-2H3,(H,30,31);/t15-;/m1./s1. The van der Waals surface area contributed by atoms with Crippen LogP contribution in [0, 0.1) is 0 Å². The van der Waals surface area contributed by atoms with Crippen LogP contribution in [0.5, 0.6) is 11.5 Å². The number of carboxylic acid groups (broad SMARTS) is 1.